The fourth-order valence-electron chi connectivity index (χ4n) is 1.48. The molecule has 1 aromatic heterocycles. The van der Waals surface area contributed by atoms with Crippen LogP contribution in [0, 0.1) is 0 Å². The first-order valence-electron chi connectivity index (χ1n) is 4.94. The van der Waals surface area contributed by atoms with E-state index in [1.807, 2.05) is 0 Å². The van der Waals surface area contributed by atoms with E-state index in [1.165, 1.54) is 6.33 Å². The third-order valence-electron chi connectivity index (χ3n) is 2.37. The van der Waals surface area contributed by atoms with Crippen LogP contribution in [0.25, 0.3) is 0 Å². The summed E-state index contributed by atoms with van der Waals surface area (Å²) in [4.78, 5) is 30.0. The van der Waals surface area contributed by atoms with Crippen molar-refractivity contribution in [1.29, 1.82) is 0 Å². The lowest BCUT2D eigenvalue weighted by atomic mass is 10.1. The molecule has 1 aromatic rings. The molecule has 1 aliphatic rings. The first-order valence-corrected chi connectivity index (χ1v) is 5.32. The molecule has 4 N–H and O–H groups in total. The van der Waals surface area contributed by atoms with Gasteiger partial charge in [-0.1, -0.05) is 11.6 Å². The zero-order chi connectivity index (χ0) is 12.4. The molecule has 2 rings (SSSR count). The number of nitrogen functional groups attached to an aromatic ring is 1. The molecule has 17 heavy (non-hydrogen) atoms. The van der Waals surface area contributed by atoms with Gasteiger partial charge in [-0.2, -0.15) is 0 Å². The fraction of sp³-hybridized carbons (Fsp3) is 0.333. The molecule has 1 unspecified atom stereocenters. The Hall–Kier alpha value is -1.89. The predicted molar refractivity (Wildman–Crippen MR) is 61.2 cm³/mol. The van der Waals surface area contributed by atoms with Gasteiger partial charge in [-0.25, -0.2) is 9.97 Å². The maximum absolute atomic E-state index is 11.5. The normalized spacial score (nSPS) is 19.9. The van der Waals surface area contributed by atoms with Gasteiger partial charge in [0.1, 0.15) is 23.2 Å². The van der Waals surface area contributed by atoms with Crippen LogP contribution in [0.3, 0.4) is 0 Å². The molecule has 0 aromatic carbocycles. The highest BCUT2D eigenvalue weighted by molar-refractivity contribution is 6.35. The fourth-order valence-corrected chi connectivity index (χ4v) is 1.63. The Labute approximate surface area is 102 Å². The number of aromatic nitrogens is 2. The Morgan fingerprint density at radius 1 is 1.47 bits per heavy atom. The number of nitrogens with one attached hydrogen (secondary N) is 2. The van der Waals surface area contributed by atoms with E-state index in [1.54, 1.807) is 0 Å². The second-order valence-electron chi connectivity index (χ2n) is 3.57. The van der Waals surface area contributed by atoms with Crippen LogP contribution in [0.4, 0.5) is 11.6 Å². The summed E-state index contributed by atoms with van der Waals surface area (Å²) >= 11 is 5.88. The minimum Gasteiger partial charge on any atom is -0.382 e. The van der Waals surface area contributed by atoms with Crippen LogP contribution in [-0.2, 0) is 9.59 Å². The van der Waals surface area contributed by atoms with Crippen molar-refractivity contribution in [3.8, 4) is 0 Å². The van der Waals surface area contributed by atoms with Gasteiger partial charge in [0.2, 0.25) is 11.8 Å². The van der Waals surface area contributed by atoms with Gasteiger partial charge in [0.25, 0.3) is 0 Å². The van der Waals surface area contributed by atoms with E-state index < -0.39 is 11.9 Å². The van der Waals surface area contributed by atoms with Crippen molar-refractivity contribution >= 4 is 35.1 Å². The van der Waals surface area contributed by atoms with Gasteiger partial charge in [-0.3, -0.25) is 14.9 Å². The summed E-state index contributed by atoms with van der Waals surface area (Å²) in [5.74, 6) is -0.249. The van der Waals surface area contributed by atoms with E-state index in [9.17, 15) is 9.59 Å². The van der Waals surface area contributed by atoms with Crippen molar-refractivity contribution in [3.63, 3.8) is 0 Å². The van der Waals surface area contributed by atoms with E-state index >= 15 is 0 Å². The third kappa shape index (κ3) is 2.44. The van der Waals surface area contributed by atoms with E-state index in [4.69, 9.17) is 17.3 Å². The van der Waals surface area contributed by atoms with Crippen molar-refractivity contribution in [1.82, 2.24) is 15.3 Å². The number of amides is 2. The number of anilines is 2. The minimum atomic E-state index is -0.542. The van der Waals surface area contributed by atoms with E-state index in [2.05, 4.69) is 20.6 Å². The molecule has 1 fully saturated rings. The average Bonchev–Trinajstić information content (AvgIpc) is 2.28. The van der Waals surface area contributed by atoms with Gasteiger partial charge in [0.15, 0.2) is 5.82 Å². The molecular weight excluding hydrogens is 246 g/mol. The molecule has 0 saturated carbocycles. The Morgan fingerprint density at radius 3 is 2.94 bits per heavy atom. The number of halogens is 1. The maximum atomic E-state index is 11.5. The average molecular weight is 256 g/mol. The SMILES string of the molecule is Nc1ncnc(NC2CCC(=O)NC2=O)c1Cl. The lowest BCUT2D eigenvalue weighted by molar-refractivity contribution is -0.133. The number of nitrogens with zero attached hydrogens (tertiary/aromatic N) is 2. The van der Waals surface area contributed by atoms with Gasteiger partial charge in [0.05, 0.1) is 0 Å². The molecule has 1 saturated heterocycles. The maximum Gasteiger partial charge on any atom is 0.249 e. The second-order valence-corrected chi connectivity index (χ2v) is 3.95. The van der Waals surface area contributed by atoms with Crippen molar-refractivity contribution in [2.75, 3.05) is 11.1 Å². The summed E-state index contributed by atoms with van der Waals surface area (Å²) in [6.07, 6.45) is 1.92. The summed E-state index contributed by atoms with van der Waals surface area (Å²) < 4.78 is 0. The summed E-state index contributed by atoms with van der Waals surface area (Å²) in [5, 5.41) is 5.22. The summed E-state index contributed by atoms with van der Waals surface area (Å²) in [6.45, 7) is 0. The first-order chi connectivity index (χ1) is 8.08. The summed E-state index contributed by atoms with van der Waals surface area (Å²) in [5.41, 5.74) is 5.50. The molecule has 0 bridgehead atoms. The smallest absolute Gasteiger partial charge is 0.249 e. The molecule has 0 spiro atoms. The van der Waals surface area contributed by atoms with Crippen LogP contribution in [0.2, 0.25) is 5.02 Å². The first kappa shape index (κ1) is 11.6. The van der Waals surface area contributed by atoms with Gasteiger partial charge in [-0.15, -0.1) is 0 Å². The number of hydrogen-bond donors (Lipinski definition) is 3. The molecule has 0 aliphatic carbocycles. The zero-order valence-corrected chi connectivity index (χ0v) is 9.49. The Balaban J connectivity index is 2.13. The molecule has 0 radical (unpaired) electrons. The van der Waals surface area contributed by atoms with E-state index in [-0.39, 0.29) is 29.0 Å². The number of hydrogen-bond acceptors (Lipinski definition) is 6. The van der Waals surface area contributed by atoms with Gasteiger partial charge in [-0.05, 0) is 6.42 Å². The van der Waals surface area contributed by atoms with Crippen molar-refractivity contribution in [3.05, 3.63) is 11.3 Å². The molecule has 7 nitrogen and oxygen atoms in total. The minimum absolute atomic E-state index is 0.136. The second kappa shape index (κ2) is 4.54. The largest absolute Gasteiger partial charge is 0.382 e. The third-order valence-corrected chi connectivity index (χ3v) is 2.74. The number of imide groups is 1. The highest BCUT2D eigenvalue weighted by atomic mass is 35.5. The number of nitrogens with two attached hydrogens (primary N) is 1. The number of carbonyl (C=O) groups excluding carboxylic acids is 2. The summed E-state index contributed by atoms with van der Waals surface area (Å²) in [7, 11) is 0. The Kier molecular flexibility index (Phi) is 3.10. The van der Waals surface area contributed by atoms with Gasteiger partial charge in [0, 0.05) is 6.42 Å². The highest BCUT2D eigenvalue weighted by Crippen LogP contribution is 2.24. The van der Waals surface area contributed by atoms with Gasteiger partial charge >= 0.3 is 0 Å². The van der Waals surface area contributed by atoms with Gasteiger partial charge < -0.3 is 11.1 Å². The zero-order valence-electron chi connectivity index (χ0n) is 8.74. The van der Waals surface area contributed by atoms with Crippen LogP contribution in [0.15, 0.2) is 6.33 Å². The van der Waals surface area contributed by atoms with Crippen molar-refractivity contribution in [2.45, 2.75) is 18.9 Å². The van der Waals surface area contributed by atoms with E-state index in [0.29, 0.717) is 6.42 Å². The number of piperidine rings is 1. The predicted octanol–water partition coefficient (Wildman–Crippen LogP) is -0.0707. The van der Waals surface area contributed by atoms with Crippen LogP contribution in [0.1, 0.15) is 12.8 Å². The quantitative estimate of drug-likeness (QED) is 0.638. The molecule has 8 heteroatoms. The monoisotopic (exact) mass is 255 g/mol. The lowest BCUT2D eigenvalue weighted by Gasteiger charge is -2.22. The molecular formula is C9H10ClN5O2. The molecule has 90 valence electrons. The van der Waals surface area contributed by atoms with Crippen LogP contribution >= 0.6 is 11.6 Å². The molecule has 2 amide bonds. The Morgan fingerprint density at radius 2 is 2.24 bits per heavy atom. The molecule has 1 aliphatic heterocycles. The van der Waals surface area contributed by atoms with Crippen molar-refractivity contribution in [2.24, 2.45) is 0 Å². The lowest BCUT2D eigenvalue weighted by Crippen LogP contribution is -2.47. The Bertz CT molecular complexity index is 478. The highest BCUT2D eigenvalue weighted by Gasteiger charge is 2.27. The standard InChI is InChI=1S/C9H10ClN5O2/c10-6-7(11)12-3-13-8(6)14-4-1-2-5(16)15-9(4)17/h3-4H,1-2H2,(H,15,16,17)(H3,11,12,13,14). The van der Waals surface area contributed by atoms with Crippen LogP contribution in [0.5, 0.6) is 0 Å². The number of rotatable bonds is 2. The topological polar surface area (TPSA) is 110 Å². The molecule has 2 heterocycles. The van der Waals surface area contributed by atoms with Crippen LogP contribution in [-0.4, -0.2) is 27.8 Å². The van der Waals surface area contributed by atoms with Crippen molar-refractivity contribution < 1.29 is 9.59 Å². The van der Waals surface area contributed by atoms with E-state index in [0.717, 1.165) is 0 Å². The summed E-state index contributed by atoms with van der Waals surface area (Å²) in [6, 6.07) is -0.542. The van der Waals surface area contributed by atoms with Crippen LogP contribution < -0.4 is 16.4 Å². The molecule has 1 atom stereocenters. The number of carbonyl (C=O) groups is 2.